The molecule has 0 unspecified atom stereocenters. The zero-order chi connectivity index (χ0) is 11.3. The molecule has 0 aliphatic carbocycles. The monoisotopic (exact) mass is 207 g/mol. The molecule has 2 N–H and O–H groups in total. The van der Waals surface area contributed by atoms with Gasteiger partial charge in [-0.15, -0.1) is 0 Å². The first-order valence-corrected chi connectivity index (χ1v) is 4.33. The maximum absolute atomic E-state index is 13.1. The van der Waals surface area contributed by atoms with Crippen LogP contribution in [0.3, 0.4) is 0 Å². The van der Waals surface area contributed by atoms with Gasteiger partial charge in [-0.1, -0.05) is 24.3 Å². The van der Waals surface area contributed by atoms with Crippen molar-refractivity contribution < 1.29 is 14.3 Å². The lowest BCUT2D eigenvalue weighted by atomic mass is 10.1. The molecule has 1 aromatic rings. The Morgan fingerprint density at radius 2 is 2.13 bits per heavy atom. The Morgan fingerprint density at radius 1 is 1.47 bits per heavy atom. The van der Waals surface area contributed by atoms with Gasteiger partial charge in [0.15, 0.2) is 0 Å². The predicted molar refractivity (Wildman–Crippen MR) is 54.6 cm³/mol. The van der Waals surface area contributed by atoms with Crippen LogP contribution in [0.15, 0.2) is 36.4 Å². The van der Waals surface area contributed by atoms with E-state index >= 15 is 0 Å². The number of nitrogens with one attached hydrogen (secondary N) is 1. The van der Waals surface area contributed by atoms with Crippen molar-refractivity contribution >= 4 is 11.7 Å². The van der Waals surface area contributed by atoms with Crippen molar-refractivity contribution in [2.75, 3.05) is 0 Å². The Labute approximate surface area is 86.4 Å². The summed E-state index contributed by atoms with van der Waals surface area (Å²) in [6.45, 7) is 0. The molecular formula is C11H10FNO2. The smallest absolute Gasteiger partial charge is 0.353 e. The predicted octanol–water partition coefficient (Wildman–Crippen LogP) is 2.03. The molecule has 0 radical (unpaired) electrons. The molecule has 0 spiro atoms. The molecule has 1 rings (SSSR count). The van der Waals surface area contributed by atoms with E-state index in [1.807, 2.05) is 0 Å². The summed E-state index contributed by atoms with van der Waals surface area (Å²) >= 11 is 0. The van der Waals surface area contributed by atoms with Gasteiger partial charge >= 0.3 is 5.97 Å². The number of hydrogen-bond donors (Lipinski definition) is 2. The van der Waals surface area contributed by atoms with Crippen molar-refractivity contribution in [3.05, 3.63) is 47.8 Å². The molecule has 0 amide bonds. The molecule has 0 saturated heterocycles. The first kappa shape index (κ1) is 11.1. The SMILES string of the molecule is N=C(/C=C/Cc1ccccc1F)C(=O)O. The normalized spacial score (nSPS) is 10.5. The van der Waals surface area contributed by atoms with Crippen molar-refractivity contribution in [2.45, 2.75) is 6.42 Å². The standard InChI is InChI=1S/C11H10FNO2/c12-9-6-2-1-4-8(9)5-3-7-10(13)11(14)15/h1-4,6-7,13H,5H2,(H,14,15)/b7-3+,13-10?. The van der Waals surface area contributed by atoms with Crippen LogP contribution < -0.4 is 0 Å². The number of allylic oxidation sites excluding steroid dienone is 1. The van der Waals surface area contributed by atoms with Crippen LogP contribution in [0.1, 0.15) is 5.56 Å². The minimum absolute atomic E-state index is 0.280. The molecule has 0 aromatic heterocycles. The van der Waals surface area contributed by atoms with Crippen molar-refractivity contribution in [3.63, 3.8) is 0 Å². The number of aliphatic carboxylic acids is 1. The van der Waals surface area contributed by atoms with Gasteiger partial charge in [-0.05, 0) is 24.1 Å². The van der Waals surface area contributed by atoms with E-state index in [1.54, 1.807) is 18.2 Å². The fraction of sp³-hybridized carbons (Fsp3) is 0.0909. The maximum Gasteiger partial charge on any atom is 0.353 e. The number of hydrogen-bond acceptors (Lipinski definition) is 2. The van der Waals surface area contributed by atoms with Gasteiger partial charge in [0, 0.05) is 0 Å². The van der Waals surface area contributed by atoms with Gasteiger partial charge < -0.3 is 5.11 Å². The first-order chi connectivity index (χ1) is 7.11. The number of halogens is 1. The van der Waals surface area contributed by atoms with E-state index in [4.69, 9.17) is 10.5 Å². The summed E-state index contributed by atoms with van der Waals surface area (Å²) in [7, 11) is 0. The van der Waals surface area contributed by atoms with Crippen LogP contribution in [-0.4, -0.2) is 16.8 Å². The minimum Gasteiger partial charge on any atom is -0.477 e. The van der Waals surface area contributed by atoms with Crippen LogP contribution in [0.5, 0.6) is 0 Å². The number of rotatable bonds is 4. The van der Waals surface area contributed by atoms with Crippen molar-refractivity contribution in [1.82, 2.24) is 0 Å². The van der Waals surface area contributed by atoms with Crippen molar-refractivity contribution in [3.8, 4) is 0 Å². The van der Waals surface area contributed by atoms with Crippen LogP contribution in [0.2, 0.25) is 0 Å². The third kappa shape index (κ3) is 3.34. The molecule has 1 aromatic carbocycles. The third-order valence-corrected chi connectivity index (χ3v) is 1.81. The lowest BCUT2D eigenvalue weighted by Crippen LogP contribution is -2.07. The van der Waals surface area contributed by atoms with Gasteiger partial charge in [0.25, 0.3) is 0 Å². The van der Waals surface area contributed by atoms with E-state index in [2.05, 4.69) is 0 Å². The van der Waals surface area contributed by atoms with Crippen molar-refractivity contribution in [1.29, 1.82) is 5.41 Å². The Kier molecular flexibility index (Phi) is 3.74. The second-order valence-electron chi connectivity index (χ2n) is 2.92. The topological polar surface area (TPSA) is 61.2 Å². The van der Waals surface area contributed by atoms with E-state index in [-0.39, 0.29) is 12.2 Å². The Bertz CT molecular complexity index is 413. The summed E-state index contributed by atoms with van der Waals surface area (Å²) in [6, 6.07) is 6.24. The molecule has 0 aliphatic rings. The van der Waals surface area contributed by atoms with Gasteiger partial charge in [-0.25, -0.2) is 9.18 Å². The molecule has 4 heteroatoms. The van der Waals surface area contributed by atoms with Crippen LogP contribution in [0, 0.1) is 11.2 Å². The highest BCUT2D eigenvalue weighted by Gasteiger charge is 2.01. The van der Waals surface area contributed by atoms with Gasteiger partial charge in [-0.2, -0.15) is 0 Å². The van der Waals surface area contributed by atoms with Gasteiger partial charge in [-0.3, -0.25) is 5.41 Å². The molecule has 0 aliphatic heterocycles. The fourth-order valence-electron chi connectivity index (χ4n) is 1.04. The van der Waals surface area contributed by atoms with Gasteiger partial charge in [0.1, 0.15) is 11.5 Å². The zero-order valence-electron chi connectivity index (χ0n) is 7.90. The zero-order valence-corrected chi connectivity index (χ0v) is 7.90. The summed E-state index contributed by atoms with van der Waals surface area (Å²) in [5.41, 5.74) is -0.0294. The van der Waals surface area contributed by atoms with Gasteiger partial charge in [0.2, 0.25) is 0 Å². The third-order valence-electron chi connectivity index (χ3n) is 1.81. The van der Waals surface area contributed by atoms with E-state index in [9.17, 15) is 9.18 Å². The van der Waals surface area contributed by atoms with Crippen LogP contribution >= 0.6 is 0 Å². The van der Waals surface area contributed by atoms with E-state index in [0.717, 1.165) is 6.08 Å². The maximum atomic E-state index is 13.1. The van der Waals surface area contributed by atoms with E-state index in [1.165, 1.54) is 12.1 Å². The average Bonchev–Trinajstić information content (AvgIpc) is 2.20. The average molecular weight is 207 g/mol. The molecule has 15 heavy (non-hydrogen) atoms. The summed E-state index contributed by atoms with van der Waals surface area (Å²) in [4.78, 5) is 10.3. The van der Waals surface area contributed by atoms with Crippen LogP contribution in [-0.2, 0) is 11.2 Å². The van der Waals surface area contributed by atoms with Crippen LogP contribution in [0.25, 0.3) is 0 Å². The molecule has 78 valence electrons. The second kappa shape index (κ2) is 5.05. The summed E-state index contributed by atoms with van der Waals surface area (Å²) in [6.07, 6.45) is 2.88. The second-order valence-corrected chi connectivity index (χ2v) is 2.92. The summed E-state index contributed by atoms with van der Waals surface area (Å²) < 4.78 is 13.1. The number of carbonyl (C=O) groups is 1. The highest BCUT2D eigenvalue weighted by Crippen LogP contribution is 2.07. The number of benzene rings is 1. The summed E-state index contributed by atoms with van der Waals surface area (Å²) in [5.74, 6) is -1.62. The molecule has 0 bridgehead atoms. The Morgan fingerprint density at radius 3 is 2.73 bits per heavy atom. The lowest BCUT2D eigenvalue weighted by molar-refractivity contribution is -0.129. The lowest BCUT2D eigenvalue weighted by Gasteiger charge is -1.97. The first-order valence-electron chi connectivity index (χ1n) is 4.33. The Balaban J connectivity index is 2.62. The minimum atomic E-state index is -1.29. The van der Waals surface area contributed by atoms with Crippen LogP contribution in [0.4, 0.5) is 4.39 Å². The van der Waals surface area contributed by atoms with E-state index in [0.29, 0.717) is 5.56 Å². The quantitative estimate of drug-likeness (QED) is 0.742. The molecule has 0 atom stereocenters. The van der Waals surface area contributed by atoms with Gasteiger partial charge in [0.05, 0.1) is 0 Å². The summed E-state index contributed by atoms with van der Waals surface area (Å²) in [5, 5.41) is 15.4. The molecular weight excluding hydrogens is 197 g/mol. The van der Waals surface area contributed by atoms with Crippen molar-refractivity contribution in [2.24, 2.45) is 0 Å². The molecule has 0 fully saturated rings. The highest BCUT2D eigenvalue weighted by molar-refractivity contribution is 6.38. The molecule has 3 nitrogen and oxygen atoms in total. The number of carboxylic acids is 1. The fourth-order valence-corrected chi connectivity index (χ4v) is 1.04. The Hall–Kier alpha value is -1.97. The molecule has 0 saturated carbocycles. The van der Waals surface area contributed by atoms with E-state index < -0.39 is 11.7 Å². The number of carboxylic acid groups (broad SMARTS) is 1. The largest absolute Gasteiger partial charge is 0.477 e. The highest BCUT2D eigenvalue weighted by atomic mass is 19.1. The molecule has 0 heterocycles.